The minimum atomic E-state index is -0.368. The fraction of sp³-hybridized carbons (Fsp3) is 0.562. The van der Waals surface area contributed by atoms with Gasteiger partial charge in [-0.3, -0.25) is 4.79 Å². The summed E-state index contributed by atoms with van der Waals surface area (Å²) in [6.07, 6.45) is 4.63. The van der Waals surface area contributed by atoms with Crippen LogP contribution in [-0.2, 0) is 0 Å². The second-order valence-corrected chi connectivity index (χ2v) is 6.83. The molecule has 0 radical (unpaired) electrons. The summed E-state index contributed by atoms with van der Waals surface area (Å²) in [5, 5.41) is 3.54. The van der Waals surface area contributed by atoms with E-state index in [4.69, 9.17) is 0 Å². The lowest BCUT2D eigenvalue weighted by molar-refractivity contribution is 0.0649. The van der Waals surface area contributed by atoms with Crippen LogP contribution >= 0.6 is 15.9 Å². The molecule has 2 saturated heterocycles. The topological polar surface area (TPSA) is 32.3 Å². The first-order valence-electron chi connectivity index (χ1n) is 7.63. The van der Waals surface area contributed by atoms with Crippen molar-refractivity contribution in [3.63, 3.8) is 0 Å². The molecule has 2 fully saturated rings. The van der Waals surface area contributed by atoms with Gasteiger partial charge in [0, 0.05) is 23.6 Å². The van der Waals surface area contributed by atoms with Crippen molar-refractivity contribution in [1.82, 2.24) is 10.2 Å². The number of benzene rings is 1. The van der Waals surface area contributed by atoms with Crippen LogP contribution in [0.1, 0.15) is 36.0 Å². The lowest BCUT2D eigenvalue weighted by atomic mass is 9.89. The zero-order valence-electron chi connectivity index (χ0n) is 11.9. The number of halogens is 2. The molecular formula is C16H20BrFN2O. The van der Waals surface area contributed by atoms with Gasteiger partial charge in [-0.15, -0.1) is 0 Å². The third kappa shape index (κ3) is 3.29. The molecule has 3 nitrogen and oxygen atoms in total. The van der Waals surface area contributed by atoms with E-state index in [9.17, 15) is 9.18 Å². The Balaban J connectivity index is 1.73. The smallest absolute Gasteiger partial charge is 0.255 e. The average Bonchev–Trinajstić information content (AvgIpc) is 3.03. The maximum Gasteiger partial charge on any atom is 0.255 e. The van der Waals surface area contributed by atoms with Gasteiger partial charge in [0.2, 0.25) is 0 Å². The fourth-order valence-electron chi connectivity index (χ4n) is 3.47. The average molecular weight is 355 g/mol. The molecule has 3 rings (SSSR count). The molecule has 2 unspecified atom stereocenters. The summed E-state index contributed by atoms with van der Waals surface area (Å²) >= 11 is 3.35. The van der Waals surface area contributed by atoms with E-state index in [1.807, 2.05) is 4.90 Å². The van der Waals surface area contributed by atoms with Gasteiger partial charge in [-0.05, 0) is 72.3 Å². The quantitative estimate of drug-likeness (QED) is 0.884. The molecular weight excluding hydrogens is 335 g/mol. The predicted molar refractivity (Wildman–Crippen MR) is 83.8 cm³/mol. The molecule has 0 aromatic heterocycles. The standard InChI is InChI=1S/C16H20BrFN2O/c17-14-6-5-12(18)9-13(14)16(21)20-8-2-3-11(10-20)15-4-1-7-19-15/h5-6,9,11,15,19H,1-4,7-8,10H2. The molecule has 0 saturated carbocycles. The summed E-state index contributed by atoms with van der Waals surface area (Å²) in [6.45, 7) is 2.63. The molecule has 1 aromatic carbocycles. The number of nitrogens with zero attached hydrogens (tertiary/aromatic N) is 1. The first-order chi connectivity index (χ1) is 10.1. The monoisotopic (exact) mass is 354 g/mol. The third-order valence-corrected chi connectivity index (χ3v) is 5.26. The number of rotatable bonds is 2. The zero-order valence-corrected chi connectivity index (χ0v) is 13.5. The number of nitrogens with one attached hydrogen (secondary N) is 1. The number of hydrogen-bond acceptors (Lipinski definition) is 2. The summed E-state index contributed by atoms with van der Waals surface area (Å²) in [5.74, 6) is 0.0918. The van der Waals surface area contributed by atoms with Crippen molar-refractivity contribution in [2.45, 2.75) is 31.7 Å². The van der Waals surface area contributed by atoms with Gasteiger partial charge in [-0.25, -0.2) is 4.39 Å². The van der Waals surface area contributed by atoms with E-state index in [1.54, 1.807) is 6.07 Å². The number of amides is 1. The highest BCUT2D eigenvalue weighted by Crippen LogP contribution is 2.27. The van der Waals surface area contributed by atoms with Crippen LogP contribution in [-0.4, -0.2) is 36.5 Å². The maximum absolute atomic E-state index is 13.4. The predicted octanol–water partition coefficient (Wildman–Crippen LogP) is 3.19. The molecule has 2 atom stereocenters. The second kappa shape index (κ2) is 6.44. The van der Waals surface area contributed by atoms with Crippen molar-refractivity contribution in [3.8, 4) is 0 Å². The largest absolute Gasteiger partial charge is 0.338 e. The summed E-state index contributed by atoms with van der Waals surface area (Å²) < 4.78 is 14.1. The number of carbonyl (C=O) groups excluding carboxylic acids is 1. The van der Waals surface area contributed by atoms with Crippen LogP contribution in [0.5, 0.6) is 0 Å². The van der Waals surface area contributed by atoms with Crippen LogP contribution in [0, 0.1) is 11.7 Å². The van der Waals surface area contributed by atoms with E-state index in [-0.39, 0.29) is 11.7 Å². The zero-order chi connectivity index (χ0) is 14.8. The Labute approximate surface area is 133 Å². The molecule has 0 bridgehead atoms. The van der Waals surface area contributed by atoms with Crippen LogP contribution in [0.4, 0.5) is 4.39 Å². The minimum Gasteiger partial charge on any atom is -0.338 e. The Hall–Kier alpha value is -0.940. The molecule has 1 amide bonds. The van der Waals surface area contributed by atoms with Gasteiger partial charge < -0.3 is 10.2 Å². The Kier molecular flexibility index (Phi) is 4.60. The fourth-order valence-corrected chi connectivity index (χ4v) is 3.88. The van der Waals surface area contributed by atoms with Crippen molar-refractivity contribution in [2.75, 3.05) is 19.6 Å². The van der Waals surface area contributed by atoms with Crippen molar-refractivity contribution in [2.24, 2.45) is 5.92 Å². The van der Waals surface area contributed by atoms with Gasteiger partial charge >= 0.3 is 0 Å². The highest BCUT2D eigenvalue weighted by molar-refractivity contribution is 9.10. The van der Waals surface area contributed by atoms with E-state index in [1.165, 1.54) is 31.4 Å². The molecule has 1 N–H and O–H groups in total. The number of likely N-dealkylation sites (tertiary alicyclic amines) is 1. The normalized spacial score (nSPS) is 26.1. The van der Waals surface area contributed by atoms with Crippen molar-refractivity contribution in [1.29, 1.82) is 0 Å². The highest BCUT2D eigenvalue weighted by Gasteiger charge is 2.31. The number of piperidine rings is 1. The Morgan fingerprint density at radius 2 is 2.19 bits per heavy atom. The lowest BCUT2D eigenvalue weighted by Crippen LogP contribution is -2.46. The van der Waals surface area contributed by atoms with Crippen molar-refractivity contribution in [3.05, 3.63) is 34.1 Å². The van der Waals surface area contributed by atoms with Crippen molar-refractivity contribution >= 4 is 21.8 Å². The minimum absolute atomic E-state index is 0.0657. The Morgan fingerprint density at radius 1 is 1.33 bits per heavy atom. The lowest BCUT2D eigenvalue weighted by Gasteiger charge is -2.36. The van der Waals surface area contributed by atoms with Gasteiger partial charge in [-0.2, -0.15) is 0 Å². The Bertz CT molecular complexity index is 531. The van der Waals surface area contributed by atoms with Gasteiger partial charge in [0.05, 0.1) is 5.56 Å². The first-order valence-corrected chi connectivity index (χ1v) is 8.42. The van der Waals surface area contributed by atoms with E-state index < -0.39 is 0 Å². The molecule has 21 heavy (non-hydrogen) atoms. The molecule has 2 aliphatic rings. The third-order valence-electron chi connectivity index (χ3n) is 4.57. The van der Waals surface area contributed by atoms with E-state index in [0.29, 0.717) is 22.0 Å². The first kappa shape index (κ1) is 15.0. The molecule has 0 spiro atoms. The van der Waals surface area contributed by atoms with Crippen LogP contribution in [0.15, 0.2) is 22.7 Å². The molecule has 1 aromatic rings. The Morgan fingerprint density at radius 3 is 2.95 bits per heavy atom. The van der Waals surface area contributed by atoms with E-state index in [0.717, 1.165) is 26.1 Å². The van der Waals surface area contributed by atoms with Crippen LogP contribution in [0.2, 0.25) is 0 Å². The maximum atomic E-state index is 13.4. The summed E-state index contributed by atoms with van der Waals surface area (Å²) in [5.41, 5.74) is 0.426. The second-order valence-electron chi connectivity index (χ2n) is 5.98. The van der Waals surface area contributed by atoms with Crippen LogP contribution in [0.3, 0.4) is 0 Å². The summed E-state index contributed by atoms with van der Waals surface area (Å²) in [7, 11) is 0. The molecule has 0 aliphatic carbocycles. The molecule has 5 heteroatoms. The van der Waals surface area contributed by atoms with Crippen LogP contribution in [0.25, 0.3) is 0 Å². The van der Waals surface area contributed by atoms with E-state index >= 15 is 0 Å². The SMILES string of the molecule is O=C(c1cc(F)ccc1Br)N1CCCC(C2CCCN2)C1. The van der Waals surface area contributed by atoms with Crippen molar-refractivity contribution < 1.29 is 9.18 Å². The number of carbonyl (C=O) groups is 1. The van der Waals surface area contributed by atoms with E-state index in [2.05, 4.69) is 21.2 Å². The summed E-state index contributed by atoms with van der Waals surface area (Å²) in [4.78, 5) is 14.5. The molecule has 114 valence electrons. The number of hydrogen-bond donors (Lipinski definition) is 1. The summed E-state index contributed by atoms with van der Waals surface area (Å²) in [6, 6.07) is 4.82. The van der Waals surface area contributed by atoms with Gasteiger partial charge in [-0.1, -0.05) is 0 Å². The highest BCUT2D eigenvalue weighted by atomic mass is 79.9. The van der Waals surface area contributed by atoms with Gasteiger partial charge in [0.15, 0.2) is 0 Å². The van der Waals surface area contributed by atoms with Gasteiger partial charge in [0.1, 0.15) is 5.82 Å². The van der Waals surface area contributed by atoms with Crippen LogP contribution < -0.4 is 5.32 Å². The van der Waals surface area contributed by atoms with Gasteiger partial charge in [0.25, 0.3) is 5.91 Å². The molecule has 2 heterocycles. The molecule has 2 aliphatic heterocycles.